The first-order chi connectivity index (χ1) is 14.7. The van der Waals surface area contributed by atoms with E-state index < -0.39 is 29.8 Å². The van der Waals surface area contributed by atoms with Crippen LogP contribution in [-0.4, -0.2) is 33.5 Å². The van der Waals surface area contributed by atoms with Crippen LogP contribution in [0.25, 0.3) is 10.9 Å². The van der Waals surface area contributed by atoms with Crippen molar-refractivity contribution in [2.75, 3.05) is 11.9 Å². The Bertz CT molecular complexity index is 1160. The summed E-state index contributed by atoms with van der Waals surface area (Å²) in [4.78, 5) is 23.6. The number of rotatable bonds is 4. The van der Waals surface area contributed by atoms with Crippen molar-refractivity contribution in [1.82, 2.24) is 15.1 Å². The first kappa shape index (κ1) is 20.5. The molecule has 1 atom stereocenters. The minimum Gasteiger partial charge on any atom is -0.492 e. The number of carboxylic acid groups (broad SMARTS) is 1. The number of benzene rings is 2. The number of ether oxygens (including phenoxy) is 1. The predicted molar refractivity (Wildman–Crippen MR) is 104 cm³/mol. The molecule has 2 heterocycles. The van der Waals surface area contributed by atoms with Gasteiger partial charge in [-0.2, -0.15) is 18.3 Å². The van der Waals surface area contributed by atoms with Crippen molar-refractivity contribution in [1.29, 1.82) is 0 Å². The Morgan fingerprint density at radius 2 is 2.00 bits per heavy atom. The van der Waals surface area contributed by atoms with Gasteiger partial charge < -0.3 is 20.5 Å². The van der Waals surface area contributed by atoms with Crippen LogP contribution in [-0.2, 0) is 17.5 Å². The summed E-state index contributed by atoms with van der Waals surface area (Å²) in [6.07, 6.45) is -2.82. The van der Waals surface area contributed by atoms with Crippen molar-refractivity contribution in [3.63, 3.8) is 0 Å². The van der Waals surface area contributed by atoms with Gasteiger partial charge in [-0.05, 0) is 18.2 Å². The second kappa shape index (κ2) is 7.82. The molecule has 2 aromatic carbocycles. The number of carbonyl (C=O) groups is 2. The van der Waals surface area contributed by atoms with E-state index in [0.717, 1.165) is 6.07 Å². The molecule has 1 aliphatic rings. The number of halogens is 3. The molecule has 0 aliphatic carbocycles. The molecule has 8 nitrogen and oxygen atoms in total. The first-order valence-electron chi connectivity index (χ1n) is 9.31. The summed E-state index contributed by atoms with van der Waals surface area (Å²) in [5.74, 6) is -1.33. The molecule has 3 aromatic rings. The van der Waals surface area contributed by atoms with Gasteiger partial charge in [-0.1, -0.05) is 18.2 Å². The molecule has 1 unspecified atom stereocenters. The number of nitrogens with zero attached hydrogens (tertiary/aromatic N) is 2. The highest BCUT2D eigenvalue weighted by Gasteiger charge is 2.37. The van der Waals surface area contributed by atoms with Crippen molar-refractivity contribution in [3.8, 4) is 5.75 Å². The quantitative estimate of drug-likeness (QED) is 0.580. The molecule has 1 aromatic heterocycles. The lowest BCUT2D eigenvalue weighted by Crippen LogP contribution is -2.35. The van der Waals surface area contributed by atoms with Crippen LogP contribution in [0.4, 0.5) is 23.7 Å². The second-order valence-electron chi connectivity index (χ2n) is 6.94. The van der Waals surface area contributed by atoms with Crippen molar-refractivity contribution in [3.05, 3.63) is 53.7 Å². The first-order valence-corrected chi connectivity index (χ1v) is 9.31. The molecule has 31 heavy (non-hydrogen) atoms. The van der Waals surface area contributed by atoms with Crippen molar-refractivity contribution in [2.45, 2.75) is 25.2 Å². The number of aliphatic carboxylic acids is 1. The number of carboxylic acids is 1. The van der Waals surface area contributed by atoms with Crippen molar-refractivity contribution >= 4 is 28.6 Å². The monoisotopic (exact) mass is 434 g/mol. The number of hydrogen-bond donors (Lipinski definition) is 3. The van der Waals surface area contributed by atoms with E-state index in [1.165, 1.54) is 23.0 Å². The number of hydrogen-bond acceptors (Lipinski definition) is 4. The fourth-order valence-electron chi connectivity index (χ4n) is 3.58. The summed E-state index contributed by atoms with van der Waals surface area (Å²) in [6, 6.07) is 7.35. The molecule has 0 fully saturated rings. The zero-order chi connectivity index (χ0) is 22.2. The number of alkyl halides is 3. The fraction of sp³-hybridized carbons (Fsp3) is 0.250. The summed E-state index contributed by atoms with van der Waals surface area (Å²) in [6.45, 7) is -0.303. The number of aromatic nitrogens is 2. The van der Waals surface area contributed by atoms with Crippen LogP contribution >= 0.6 is 0 Å². The summed E-state index contributed by atoms with van der Waals surface area (Å²) in [7, 11) is 0. The Balaban J connectivity index is 1.55. The van der Waals surface area contributed by atoms with Crippen molar-refractivity contribution in [2.24, 2.45) is 0 Å². The molecule has 4 rings (SSSR count). The molecule has 0 spiro atoms. The lowest BCUT2D eigenvalue weighted by molar-refractivity contribution is -0.139. The second-order valence-corrected chi connectivity index (χ2v) is 6.94. The maximum atomic E-state index is 13.3. The molecule has 3 N–H and O–H groups in total. The summed E-state index contributed by atoms with van der Waals surface area (Å²) >= 11 is 0. The number of amides is 2. The molecule has 1 aliphatic heterocycles. The van der Waals surface area contributed by atoms with Gasteiger partial charge in [0, 0.05) is 17.4 Å². The highest BCUT2D eigenvalue weighted by atomic mass is 19.4. The average molecular weight is 434 g/mol. The van der Waals surface area contributed by atoms with Gasteiger partial charge in [-0.3, -0.25) is 9.48 Å². The summed E-state index contributed by atoms with van der Waals surface area (Å²) in [5.41, 5.74) is 0.283. The van der Waals surface area contributed by atoms with Gasteiger partial charge in [0.1, 0.15) is 12.3 Å². The standard InChI is InChI=1S/C20H17F3N4O4/c21-20(22,23)13-4-1-3-11-15(7-8-31-18(11)13)26-19(30)25-14-5-2-6-16-12(14)9-24-27(16)10-17(28)29/h1-6,9,15H,7-8,10H2,(H,28,29)(H2,25,26,30). The molecular weight excluding hydrogens is 417 g/mol. The Hall–Kier alpha value is -3.76. The zero-order valence-electron chi connectivity index (χ0n) is 15.9. The zero-order valence-corrected chi connectivity index (χ0v) is 15.9. The Morgan fingerprint density at radius 1 is 1.23 bits per heavy atom. The van der Waals surface area contributed by atoms with Crippen LogP contribution in [0.1, 0.15) is 23.6 Å². The van der Waals surface area contributed by atoms with E-state index in [1.807, 2.05) is 0 Å². The van der Waals surface area contributed by atoms with Crippen molar-refractivity contribution < 1.29 is 32.6 Å². The molecule has 0 saturated heterocycles. The molecule has 2 amide bonds. The minimum atomic E-state index is -4.57. The van der Waals surface area contributed by atoms with E-state index in [4.69, 9.17) is 9.84 Å². The smallest absolute Gasteiger partial charge is 0.419 e. The third-order valence-corrected chi connectivity index (χ3v) is 4.91. The minimum absolute atomic E-state index is 0.0303. The SMILES string of the molecule is O=C(O)Cn1ncc2c(NC(=O)NC3CCOc4c3cccc4C(F)(F)F)cccc21. The molecule has 0 bridgehead atoms. The summed E-state index contributed by atoms with van der Waals surface area (Å²) in [5, 5.41) is 18.9. The van der Waals surface area contributed by atoms with Crippen LogP contribution in [0, 0.1) is 0 Å². The molecule has 0 saturated carbocycles. The van der Waals surface area contributed by atoms with Gasteiger partial charge in [0.2, 0.25) is 0 Å². The topological polar surface area (TPSA) is 105 Å². The molecule has 162 valence electrons. The third-order valence-electron chi connectivity index (χ3n) is 4.91. The van der Waals surface area contributed by atoms with E-state index >= 15 is 0 Å². The number of carbonyl (C=O) groups excluding carboxylic acids is 1. The van der Waals surface area contributed by atoms with E-state index in [0.29, 0.717) is 23.0 Å². The largest absolute Gasteiger partial charge is 0.492 e. The predicted octanol–water partition coefficient (Wildman–Crippen LogP) is 3.79. The Morgan fingerprint density at radius 3 is 2.74 bits per heavy atom. The highest BCUT2D eigenvalue weighted by Crippen LogP contribution is 2.42. The van der Waals surface area contributed by atoms with Crippen LogP contribution in [0.15, 0.2) is 42.6 Å². The average Bonchev–Trinajstić information content (AvgIpc) is 3.10. The lowest BCUT2D eigenvalue weighted by atomic mass is 9.97. The van der Waals surface area contributed by atoms with Crippen LogP contribution < -0.4 is 15.4 Å². The van der Waals surface area contributed by atoms with Gasteiger partial charge in [-0.15, -0.1) is 0 Å². The van der Waals surface area contributed by atoms with Crippen LogP contribution in [0.5, 0.6) is 5.75 Å². The fourth-order valence-corrected chi connectivity index (χ4v) is 3.58. The van der Waals surface area contributed by atoms with E-state index in [-0.39, 0.29) is 24.5 Å². The van der Waals surface area contributed by atoms with Gasteiger partial charge in [0.15, 0.2) is 0 Å². The molecule has 0 radical (unpaired) electrons. The van der Waals surface area contributed by atoms with Gasteiger partial charge in [0.25, 0.3) is 0 Å². The van der Waals surface area contributed by atoms with E-state index in [2.05, 4.69) is 15.7 Å². The van der Waals surface area contributed by atoms with E-state index in [1.54, 1.807) is 18.2 Å². The van der Waals surface area contributed by atoms with Crippen LogP contribution in [0.3, 0.4) is 0 Å². The van der Waals surface area contributed by atoms with E-state index in [9.17, 15) is 22.8 Å². The number of anilines is 1. The summed E-state index contributed by atoms with van der Waals surface area (Å²) < 4.78 is 46.3. The molecule has 11 heteroatoms. The number of para-hydroxylation sites is 1. The Labute approximate surface area is 173 Å². The normalized spacial score (nSPS) is 15.8. The highest BCUT2D eigenvalue weighted by molar-refractivity contribution is 6.00. The number of fused-ring (bicyclic) bond motifs is 2. The number of nitrogens with one attached hydrogen (secondary N) is 2. The Kier molecular flexibility index (Phi) is 5.17. The lowest BCUT2D eigenvalue weighted by Gasteiger charge is -2.28. The molecular formula is C20H17F3N4O4. The van der Waals surface area contributed by atoms with Gasteiger partial charge >= 0.3 is 18.2 Å². The maximum absolute atomic E-state index is 13.3. The van der Waals surface area contributed by atoms with Crippen LogP contribution in [0.2, 0.25) is 0 Å². The maximum Gasteiger partial charge on any atom is 0.419 e. The third kappa shape index (κ3) is 4.11. The van der Waals surface area contributed by atoms with Gasteiger partial charge in [0.05, 0.1) is 35.6 Å². The van der Waals surface area contributed by atoms with Gasteiger partial charge in [-0.25, -0.2) is 4.79 Å². The number of urea groups is 1.